The van der Waals surface area contributed by atoms with Gasteiger partial charge in [-0.05, 0) is 62.2 Å². The largest absolute Gasteiger partial charge is 0.496 e. The van der Waals surface area contributed by atoms with Gasteiger partial charge in [0, 0.05) is 29.1 Å². The van der Waals surface area contributed by atoms with E-state index in [4.69, 9.17) is 9.47 Å². The van der Waals surface area contributed by atoms with E-state index >= 15 is 0 Å². The monoisotopic (exact) mass is 441 g/mol. The highest BCUT2D eigenvalue weighted by Crippen LogP contribution is 2.31. The van der Waals surface area contributed by atoms with Crippen molar-refractivity contribution in [1.82, 2.24) is 14.8 Å². The van der Waals surface area contributed by atoms with Gasteiger partial charge in [-0.3, -0.25) is 9.36 Å². The van der Waals surface area contributed by atoms with E-state index in [2.05, 4.69) is 10.2 Å². The van der Waals surface area contributed by atoms with E-state index in [0.717, 1.165) is 41.5 Å². The van der Waals surface area contributed by atoms with Crippen LogP contribution in [0.25, 0.3) is 11.4 Å². The van der Waals surface area contributed by atoms with Gasteiger partial charge in [0.1, 0.15) is 11.6 Å². The summed E-state index contributed by atoms with van der Waals surface area (Å²) in [5, 5.41) is 9.53. The normalized spacial score (nSPS) is 15.9. The Hall–Kier alpha value is -2.71. The van der Waals surface area contributed by atoms with E-state index in [1.54, 1.807) is 32.2 Å². The summed E-state index contributed by atoms with van der Waals surface area (Å²) in [7, 11) is 1.61. The number of hydrogen-bond acceptors (Lipinski definition) is 6. The molecule has 0 N–H and O–H groups in total. The van der Waals surface area contributed by atoms with Gasteiger partial charge in [0.25, 0.3) is 0 Å². The zero-order valence-corrected chi connectivity index (χ0v) is 18.3. The number of nitrogens with zero attached hydrogens (tertiary/aromatic N) is 3. The third-order valence-corrected chi connectivity index (χ3v) is 6.29. The Morgan fingerprint density at radius 3 is 2.74 bits per heavy atom. The Kier molecular flexibility index (Phi) is 6.67. The Morgan fingerprint density at radius 1 is 1.26 bits per heavy atom. The summed E-state index contributed by atoms with van der Waals surface area (Å²) in [4.78, 5) is 11.8. The fourth-order valence-electron chi connectivity index (χ4n) is 3.62. The number of benzene rings is 2. The number of thioether (sulfide) groups is 1. The molecule has 0 radical (unpaired) electrons. The number of ketones is 1. The van der Waals surface area contributed by atoms with Crippen LogP contribution in [0, 0.1) is 5.82 Å². The average molecular weight is 442 g/mol. The molecule has 0 spiro atoms. The summed E-state index contributed by atoms with van der Waals surface area (Å²) in [6.45, 7) is 2.94. The maximum Gasteiger partial charge on any atom is 0.191 e. The number of Topliss-reactive ketones (excluding diaryl/α,β-unsaturated/α-hetero) is 1. The Labute approximate surface area is 184 Å². The summed E-state index contributed by atoms with van der Waals surface area (Å²) in [5.74, 6) is 1.69. The molecule has 8 heteroatoms. The molecule has 31 heavy (non-hydrogen) atoms. The zero-order valence-electron chi connectivity index (χ0n) is 17.5. The van der Waals surface area contributed by atoms with E-state index in [1.807, 2.05) is 16.7 Å². The Balaban J connectivity index is 1.62. The molecular formula is C23H24FN3O3S. The van der Waals surface area contributed by atoms with E-state index < -0.39 is 0 Å². The first-order chi connectivity index (χ1) is 15.0. The van der Waals surface area contributed by atoms with Crippen molar-refractivity contribution in [2.45, 2.75) is 43.3 Å². The van der Waals surface area contributed by atoms with Gasteiger partial charge in [-0.25, -0.2) is 4.39 Å². The molecule has 0 bridgehead atoms. The molecule has 1 saturated heterocycles. The van der Waals surface area contributed by atoms with E-state index in [0.29, 0.717) is 23.7 Å². The third-order valence-electron chi connectivity index (χ3n) is 5.27. The summed E-state index contributed by atoms with van der Waals surface area (Å²) >= 11 is 1.52. The van der Waals surface area contributed by atoms with Gasteiger partial charge in [-0.15, -0.1) is 10.2 Å². The minimum atomic E-state index is -0.291. The quantitative estimate of drug-likeness (QED) is 0.371. The number of halogens is 1. The van der Waals surface area contributed by atoms with Crippen molar-refractivity contribution in [3.05, 3.63) is 59.4 Å². The van der Waals surface area contributed by atoms with E-state index in [9.17, 15) is 9.18 Å². The number of ether oxygens (including phenoxy) is 2. The highest BCUT2D eigenvalue weighted by Gasteiger charge is 2.22. The molecule has 1 atom stereocenters. The van der Waals surface area contributed by atoms with Gasteiger partial charge < -0.3 is 9.47 Å². The van der Waals surface area contributed by atoms with Gasteiger partial charge in [0.15, 0.2) is 16.8 Å². The summed E-state index contributed by atoms with van der Waals surface area (Å²) in [6, 6.07) is 11.7. The smallest absolute Gasteiger partial charge is 0.191 e. The molecule has 1 fully saturated rings. The van der Waals surface area contributed by atoms with Crippen LogP contribution < -0.4 is 4.74 Å². The van der Waals surface area contributed by atoms with Crippen LogP contribution in [0.1, 0.15) is 35.7 Å². The van der Waals surface area contributed by atoms with Crippen molar-refractivity contribution in [1.29, 1.82) is 0 Å². The molecule has 2 heterocycles. The SMILES string of the molecule is COc1ccc(C(C)=O)cc1CSc1nnc(-c2ccc(F)cc2)n1CC1CCCO1. The first kappa shape index (κ1) is 21.5. The van der Waals surface area contributed by atoms with Crippen LogP contribution in [0.2, 0.25) is 0 Å². The number of methoxy groups -OCH3 is 1. The number of aromatic nitrogens is 3. The lowest BCUT2D eigenvalue weighted by atomic mass is 10.1. The second-order valence-corrected chi connectivity index (χ2v) is 8.37. The van der Waals surface area contributed by atoms with Crippen LogP contribution in [-0.2, 0) is 17.0 Å². The molecule has 1 unspecified atom stereocenters. The lowest BCUT2D eigenvalue weighted by Gasteiger charge is -2.15. The van der Waals surface area contributed by atoms with Crippen LogP contribution in [0.5, 0.6) is 5.75 Å². The molecule has 0 aliphatic carbocycles. The molecule has 1 aromatic heterocycles. The number of carbonyl (C=O) groups is 1. The maximum atomic E-state index is 13.4. The molecular weight excluding hydrogens is 417 g/mol. The molecule has 162 valence electrons. The third kappa shape index (κ3) is 4.97. The first-order valence-electron chi connectivity index (χ1n) is 10.2. The summed E-state index contributed by atoms with van der Waals surface area (Å²) in [6.07, 6.45) is 2.13. The Morgan fingerprint density at radius 2 is 2.06 bits per heavy atom. The zero-order chi connectivity index (χ0) is 21.8. The van der Waals surface area contributed by atoms with E-state index in [1.165, 1.54) is 23.9 Å². The van der Waals surface area contributed by atoms with Crippen molar-refractivity contribution in [3.8, 4) is 17.1 Å². The van der Waals surface area contributed by atoms with Gasteiger partial charge >= 0.3 is 0 Å². The number of rotatable bonds is 8. The molecule has 6 nitrogen and oxygen atoms in total. The average Bonchev–Trinajstić information content (AvgIpc) is 3.43. The highest BCUT2D eigenvalue weighted by molar-refractivity contribution is 7.98. The highest BCUT2D eigenvalue weighted by atomic mass is 32.2. The minimum Gasteiger partial charge on any atom is -0.496 e. The van der Waals surface area contributed by atoms with Crippen molar-refractivity contribution < 1.29 is 18.7 Å². The minimum absolute atomic E-state index is 0.00838. The van der Waals surface area contributed by atoms with Crippen LogP contribution >= 0.6 is 11.8 Å². The topological polar surface area (TPSA) is 66.2 Å². The van der Waals surface area contributed by atoms with Crippen LogP contribution in [-0.4, -0.2) is 40.4 Å². The molecule has 4 rings (SSSR count). The molecule has 3 aromatic rings. The number of carbonyl (C=O) groups excluding carboxylic acids is 1. The van der Waals surface area contributed by atoms with Crippen molar-refractivity contribution in [3.63, 3.8) is 0 Å². The van der Waals surface area contributed by atoms with Gasteiger partial charge in [-0.2, -0.15) is 0 Å². The van der Waals surface area contributed by atoms with Gasteiger partial charge in [0.05, 0.1) is 19.8 Å². The maximum absolute atomic E-state index is 13.4. The molecule has 0 saturated carbocycles. The number of hydrogen-bond donors (Lipinski definition) is 0. The lowest BCUT2D eigenvalue weighted by molar-refractivity contribution is 0.0953. The van der Waals surface area contributed by atoms with Crippen molar-refractivity contribution in [2.75, 3.05) is 13.7 Å². The van der Waals surface area contributed by atoms with Gasteiger partial charge in [0.2, 0.25) is 0 Å². The summed E-state index contributed by atoms with van der Waals surface area (Å²) < 4.78 is 26.7. The molecule has 2 aromatic carbocycles. The fraction of sp³-hybridized carbons (Fsp3) is 0.348. The molecule has 0 amide bonds. The Bertz CT molecular complexity index is 1060. The molecule has 1 aliphatic rings. The van der Waals surface area contributed by atoms with Crippen LogP contribution in [0.4, 0.5) is 4.39 Å². The standard InChI is InChI=1S/C23H24FN3O3S/c1-15(28)17-7-10-21(29-2)18(12-17)14-31-23-26-25-22(16-5-8-19(24)9-6-16)27(23)13-20-4-3-11-30-20/h5-10,12,20H,3-4,11,13-14H2,1-2H3. The van der Waals surface area contributed by atoms with Crippen LogP contribution in [0.3, 0.4) is 0 Å². The second kappa shape index (κ2) is 9.62. The van der Waals surface area contributed by atoms with Crippen LogP contribution in [0.15, 0.2) is 47.6 Å². The van der Waals surface area contributed by atoms with Gasteiger partial charge in [-0.1, -0.05) is 11.8 Å². The fourth-order valence-corrected chi connectivity index (χ4v) is 4.54. The first-order valence-corrected chi connectivity index (χ1v) is 11.1. The second-order valence-electron chi connectivity index (χ2n) is 7.43. The predicted molar refractivity (Wildman–Crippen MR) is 117 cm³/mol. The summed E-state index contributed by atoms with van der Waals surface area (Å²) in [5.41, 5.74) is 2.36. The van der Waals surface area contributed by atoms with Crippen molar-refractivity contribution >= 4 is 17.5 Å². The van der Waals surface area contributed by atoms with E-state index in [-0.39, 0.29) is 17.7 Å². The van der Waals surface area contributed by atoms with Crippen molar-refractivity contribution in [2.24, 2.45) is 0 Å². The molecule has 1 aliphatic heterocycles. The predicted octanol–water partition coefficient (Wildman–Crippen LogP) is 4.77. The lowest BCUT2D eigenvalue weighted by Crippen LogP contribution is -2.16.